The minimum Gasteiger partial charge on any atom is -0.506 e. The molecule has 0 aliphatic heterocycles. The van der Waals surface area contributed by atoms with Gasteiger partial charge >= 0.3 is 0 Å². The van der Waals surface area contributed by atoms with E-state index in [1.807, 2.05) is 12.1 Å². The molecule has 0 aromatic heterocycles. The lowest BCUT2D eigenvalue weighted by atomic mass is 10.00. The molecule has 0 fully saturated rings. The Kier molecular flexibility index (Phi) is 7.09. The number of benzene rings is 1. The summed E-state index contributed by atoms with van der Waals surface area (Å²) in [6.45, 7) is 3.82. The van der Waals surface area contributed by atoms with Gasteiger partial charge in [-0.15, -0.1) is 0 Å². The highest BCUT2D eigenvalue weighted by Crippen LogP contribution is 2.26. The number of phenolic OH excluding ortho intramolecular Hbond substituents is 1. The number of aliphatic hydroxyl groups is 1. The van der Waals surface area contributed by atoms with E-state index >= 15 is 0 Å². The van der Waals surface area contributed by atoms with Gasteiger partial charge in [0.1, 0.15) is 5.75 Å². The van der Waals surface area contributed by atoms with Crippen molar-refractivity contribution in [3.05, 3.63) is 28.8 Å². The maximum absolute atomic E-state index is 9.76. The quantitative estimate of drug-likeness (QED) is 0.681. The van der Waals surface area contributed by atoms with Crippen LogP contribution < -0.4 is 5.32 Å². The number of aliphatic hydroxyl groups excluding tert-OH is 1. The lowest BCUT2D eigenvalue weighted by Gasteiger charge is -2.16. The van der Waals surface area contributed by atoms with Crippen molar-refractivity contribution in [2.75, 3.05) is 13.2 Å². The zero-order chi connectivity index (χ0) is 13.4. The van der Waals surface area contributed by atoms with Crippen molar-refractivity contribution in [3.8, 4) is 5.75 Å². The van der Waals surface area contributed by atoms with E-state index in [2.05, 4.69) is 12.2 Å². The van der Waals surface area contributed by atoms with Gasteiger partial charge in [0.2, 0.25) is 0 Å². The van der Waals surface area contributed by atoms with Gasteiger partial charge < -0.3 is 15.5 Å². The monoisotopic (exact) mass is 271 g/mol. The fourth-order valence-electron chi connectivity index (χ4n) is 2.05. The van der Waals surface area contributed by atoms with Gasteiger partial charge in [0.15, 0.2) is 0 Å². The molecular weight excluding hydrogens is 250 g/mol. The number of rotatable bonds is 8. The van der Waals surface area contributed by atoms with E-state index in [4.69, 9.17) is 16.7 Å². The van der Waals surface area contributed by atoms with Crippen molar-refractivity contribution in [1.29, 1.82) is 0 Å². The first-order valence-corrected chi connectivity index (χ1v) is 6.84. The summed E-state index contributed by atoms with van der Waals surface area (Å²) in [7, 11) is 0. The van der Waals surface area contributed by atoms with Crippen LogP contribution in [-0.2, 0) is 6.54 Å². The van der Waals surface area contributed by atoms with Crippen molar-refractivity contribution in [1.82, 2.24) is 5.32 Å². The van der Waals surface area contributed by atoms with Crippen LogP contribution in [-0.4, -0.2) is 23.4 Å². The molecule has 1 rings (SSSR count). The molecule has 1 aromatic rings. The number of para-hydroxylation sites is 1. The summed E-state index contributed by atoms with van der Waals surface area (Å²) in [4.78, 5) is 0. The highest BCUT2D eigenvalue weighted by Gasteiger charge is 2.08. The fourth-order valence-corrected chi connectivity index (χ4v) is 2.25. The molecule has 0 saturated carbocycles. The first kappa shape index (κ1) is 15.3. The average molecular weight is 272 g/mol. The molecule has 0 heterocycles. The van der Waals surface area contributed by atoms with Gasteiger partial charge in [-0.25, -0.2) is 0 Å². The number of aromatic hydroxyl groups is 1. The van der Waals surface area contributed by atoms with Gasteiger partial charge in [-0.3, -0.25) is 0 Å². The lowest BCUT2D eigenvalue weighted by Crippen LogP contribution is -2.23. The summed E-state index contributed by atoms with van der Waals surface area (Å²) in [5, 5.41) is 22.4. The maximum atomic E-state index is 9.76. The number of hydrogen-bond donors (Lipinski definition) is 3. The van der Waals surface area contributed by atoms with Crippen LogP contribution in [0.15, 0.2) is 18.2 Å². The Morgan fingerprint density at radius 1 is 1.33 bits per heavy atom. The molecular formula is C14H22ClNO2. The molecule has 0 amide bonds. The molecule has 3 N–H and O–H groups in total. The lowest BCUT2D eigenvalue weighted by molar-refractivity contribution is 0.248. The van der Waals surface area contributed by atoms with Crippen LogP contribution in [0.3, 0.4) is 0 Å². The Labute approximate surface area is 114 Å². The highest BCUT2D eigenvalue weighted by molar-refractivity contribution is 6.32. The summed E-state index contributed by atoms with van der Waals surface area (Å²) >= 11 is 5.84. The fraction of sp³-hybridized carbons (Fsp3) is 0.571. The van der Waals surface area contributed by atoms with Crippen LogP contribution in [0.2, 0.25) is 5.02 Å². The van der Waals surface area contributed by atoms with Gasteiger partial charge in [-0.1, -0.05) is 37.1 Å². The zero-order valence-electron chi connectivity index (χ0n) is 10.8. The van der Waals surface area contributed by atoms with E-state index in [1.54, 1.807) is 6.07 Å². The van der Waals surface area contributed by atoms with Gasteiger partial charge in [0, 0.05) is 18.7 Å². The first-order chi connectivity index (χ1) is 8.69. The predicted octanol–water partition coefficient (Wildman–Crippen LogP) is 2.93. The van der Waals surface area contributed by atoms with Crippen LogP contribution in [0.4, 0.5) is 0 Å². The maximum Gasteiger partial charge on any atom is 0.138 e. The second kappa shape index (κ2) is 8.35. The van der Waals surface area contributed by atoms with Crippen LogP contribution in [0.25, 0.3) is 0 Å². The number of nitrogens with one attached hydrogen (secondary N) is 1. The van der Waals surface area contributed by atoms with E-state index < -0.39 is 0 Å². The first-order valence-electron chi connectivity index (χ1n) is 6.47. The van der Waals surface area contributed by atoms with E-state index in [1.165, 1.54) is 0 Å². The van der Waals surface area contributed by atoms with E-state index in [0.29, 0.717) is 17.5 Å². The van der Waals surface area contributed by atoms with E-state index in [0.717, 1.165) is 31.4 Å². The van der Waals surface area contributed by atoms with E-state index in [9.17, 15) is 5.11 Å². The second-order valence-corrected chi connectivity index (χ2v) is 4.95. The Balaban J connectivity index is 2.42. The topological polar surface area (TPSA) is 52.5 Å². The van der Waals surface area contributed by atoms with Gasteiger partial charge in [-0.2, -0.15) is 0 Å². The summed E-state index contributed by atoms with van der Waals surface area (Å²) in [5.74, 6) is 0.641. The van der Waals surface area contributed by atoms with Crippen molar-refractivity contribution in [3.63, 3.8) is 0 Å². The molecule has 0 aliphatic rings. The number of hydrogen-bond acceptors (Lipinski definition) is 3. The second-order valence-electron chi connectivity index (χ2n) is 4.55. The van der Waals surface area contributed by atoms with Crippen molar-refractivity contribution in [2.45, 2.75) is 32.7 Å². The normalized spacial score (nSPS) is 12.6. The number of halogens is 1. The molecule has 1 unspecified atom stereocenters. The van der Waals surface area contributed by atoms with Crippen molar-refractivity contribution in [2.24, 2.45) is 5.92 Å². The summed E-state index contributed by atoms with van der Waals surface area (Å²) in [6.07, 6.45) is 3.05. The van der Waals surface area contributed by atoms with Crippen LogP contribution >= 0.6 is 11.6 Å². The van der Waals surface area contributed by atoms with Gasteiger partial charge in [0.05, 0.1) is 5.02 Å². The smallest absolute Gasteiger partial charge is 0.138 e. The third-order valence-corrected chi connectivity index (χ3v) is 3.36. The zero-order valence-corrected chi connectivity index (χ0v) is 11.6. The third kappa shape index (κ3) is 4.84. The molecule has 102 valence electrons. The Bertz CT molecular complexity index is 352. The van der Waals surface area contributed by atoms with Crippen molar-refractivity contribution >= 4 is 11.6 Å². The SMILES string of the molecule is CCCC(CCO)CNCc1cccc(Cl)c1O. The largest absolute Gasteiger partial charge is 0.506 e. The molecule has 4 heteroatoms. The Morgan fingerprint density at radius 3 is 2.78 bits per heavy atom. The summed E-state index contributed by atoms with van der Waals surface area (Å²) in [6, 6.07) is 5.36. The van der Waals surface area contributed by atoms with E-state index in [-0.39, 0.29) is 12.4 Å². The Hall–Kier alpha value is -0.770. The molecule has 0 bridgehead atoms. The van der Waals surface area contributed by atoms with Crippen LogP contribution in [0.5, 0.6) is 5.75 Å². The van der Waals surface area contributed by atoms with Gasteiger partial charge in [-0.05, 0) is 31.4 Å². The minimum atomic E-state index is 0.154. The molecule has 0 spiro atoms. The Morgan fingerprint density at radius 2 is 2.11 bits per heavy atom. The molecule has 0 saturated heterocycles. The standard InChI is InChI=1S/C14H22ClNO2/c1-2-4-11(7-8-17)9-16-10-12-5-3-6-13(15)14(12)18/h3,5-6,11,16-18H,2,4,7-10H2,1H3. The molecule has 0 radical (unpaired) electrons. The van der Waals surface area contributed by atoms with Crippen LogP contribution in [0.1, 0.15) is 31.7 Å². The summed E-state index contributed by atoms with van der Waals surface area (Å²) < 4.78 is 0. The molecule has 0 aliphatic carbocycles. The number of phenols is 1. The summed E-state index contributed by atoms with van der Waals surface area (Å²) in [5.41, 5.74) is 0.807. The molecule has 18 heavy (non-hydrogen) atoms. The molecule has 1 atom stereocenters. The minimum absolute atomic E-state index is 0.154. The van der Waals surface area contributed by atoms with Gasteiger partial charge in [0.25, 0.3) is 0 Å². The highest BCUT2D eigenvalue weighted by atomic mass is 35.5. The third-order valence-electron chi connectivity index (χ3n) is 3.05. The predicted molar refractivity (Wildman–Crippen MR) is 74.9 cm³/mol. The molecule has 1 aromatic carbocycles. The average Bonchev–Trinajstić information content (AvgIpc) is 2.35. The molecule has 3 nitrogen and oxygen atoms in total. The van der Waals surface area contributed by atoms with Crippen LogP contribution in [0, 0.1) is 5.92 Å². The van der Waals surface area contributed by atoms with Crippen molar-refractivity contribution < 1.29 is 10.2 Å².